The molecule has 1 aliphatic rings. The Morgan fingerprint density at radius 2 is 2.12 bits per heavy atom. The van der Waals surface area contributed by atoms with Gasteiger partial charge in [-0.3, -0.25) is 0 Å². The number of benzene rings is 1. The lowest BCUT2D eigenvalue weighted by atomic mass is 10.1. The summed E-state index contributed by atoms with van der Waals surface area (Å²) in [5, 5.41) is 41.4. The van der Waals surface area contributed by atoms with E-state index >= 15 is 0 Å². The van der Waals surface area contributed by atoms with Crippen LogP contribution in [-0.4, -0.2) is 56.5 Å². The van der Waals surface area contributed by atoms with Gasteiger partial charge in [-0.15, -0.1) is 5.10 Å². The summed E-state index contributed by atoms with van der Waals surface area (Å²) in [6, 6.07) is 7.15. The van der Waals surface area contributed by atoms with Crippen LogP contribution in [0.15, 0.2) is 18.3 Å². The molecule has 3 heterocycles. The average Bonchev–Trinajstić information content (AvgIpc) is 3.38. The van der Waals surface area contributed by atoms with Crippen molar-refractivity contribution in [3.05, 3.63) is 34.6 Å². The van der Waals surface area contributed by atoms with Crippen LogP contribution in [0.4, 0.5) is 27.9 Å². The number of fused-ring (bicyclic) bond motifs is 1. The maximum absolute atomic E-state index is 11.1. The molecular weight excluding hydrogens is 460 g/mol. The quantitative estimate of drug-likeness (QED) is 0.411. The van der Waals surface area contributed by atoms with Crippen molar-refractivity contribution in [2.24, 2.45) is 5.92 Å². The molecule has 4 N–H and O–H groups in total. The zero-order valence-electron chi connectivity index (χ0n) is 18.4. The molecule has 0 saturated carbocycles. The number of halogens is 1. The van der Waals surface area contributed by atoms with Gasteiger partial charge in [-0.05, 0) is 25.0 Å². The Bertz CT molecular complexity index is 1340. The molecule has 2 aromatic heterocycles. The normalized spacial score (nSPS) is 17.3. The predicted octanol–water partition coefficient (Wildman–Crippen LogP) is 2.79. The van der Waals surface area contributed by atoms with E-state index in [9.17, 15) is 15.3 Å². The van der Waals surface area contributed by atoms with E-state index in [2.05, 4.69) is 37.1 Å². The van der Waals surface area contributed by atoms with Gasteiger partial charge in [-0.1, -0.05) is 18.5 Å². The molecule has 1 aromatic carbocycles. The lowest BCUT2D eigenvalue weighted by Gasteiger charge is -2.22. The van der Waals surface area contributed by atoms with Gasteiger partial charge in [0.25, 0.3) is 0 Å². The first-order valence-electron chi connectivity index (χ1n) is 10.5. The Hall–Kier alpha value is -4.29. The largest absolute Gasteiger partial charge is 0.465 e. The van der Waals surface area contributed by atoms with Gasteiger partial charge in [-0.2, -0.15) is 20.0 Å². The van der Waals surface area contributed by atoms with Crippen molar-refractivity contribution >= 4 is 46.5 Å². The van der Waals surface area contributed by atoms with Crippen LogP contribution in [0.2, 0.25) is 5.02 Å². The number of hydrogen-bond acceptors (Lipinski definition) is 9. The van der Waals surface area contributed by atoms with Crippen LogP contribution < -0.4 is 20.9 Å². The summed E-state index contributed by atoms with van der Waals surface area (Å²) in [6.07, 6.45) is 0.324. The SMILES string of the molecule is CCNc1nc(Nc2cc(C#N)cc(N3C[C@H](NC(=O)O)[C@@H](C)C3)c2Cl)nn2c(C#N)cnc12. The summed E-state index contributed by atoms with van der Waals surface area (Å²) >= 11 is 6.73. The number of nitrogens with one attached hydrogen (secondary N) is 3. The highest BCUT2D eigenvalue weighted by atomic mass is 35.5. The zero-order valence-corrected chi connectivity index (χ0v) is 19.1. The molecule has 1 fully saturated rings. The summed E-state index contributed by atoms with van der Waals surface area (Å²) < 4.78 is 1.38. The van der Waals surface area contributed by atoms with Gasteiger partial charge in [0.2, 0.25) is 5.95 Å². The number of carboxylic acid groups (broad SMARTS) is 1. The topological polar surface area (TPSA) is 167 Å². The van der Waals surface area contributed by atoms with E-state index < -0.39 is 6.09 Å². The average molecular weight is 481 g/mol. The molecule has 13 heteroatoms. The number of rotatable bonds is 6. The predicted molar refractivity (Wildman–Crippen MR) is 125 cm³/mol. The number of imidazole rings is 1. The van der Waals surface area contributed by atoms with Crippen molar-refractivity contribution in [1.82, 2.24) is 24.9 Å². The molecule has 1 saturated heterocycles. The minimum atomic E-state index is -1.08. The third-order valence-electron chi connectivity index (χ3n) is 5.51. The van der Waals surface area contributed by atoms with E-state index in [1.54, 1.807) is 12.1 Å². The molecule has 0 spiro atoms. The molecule has 0 radical (unpaired) electrons. The van der Waals surface area contributed by atoms with Crippen LogP contribution >= 0.6 is 11.6 Å². The Balaban J connectivity index is 1.72. The van der Waals surface area contributed by atoms with Crippen LogP contribution in [0.25, 0.3) is 5.65 Å². The van der Waals surface area contributed by atoms with Crippen LogP contribution in [0.3, 0.4) is 0 Å². The highest BCUT2D eigenvalue weighted by molar-refractivity contribution is 6.36. The second-order valence-electron chi connectivity index (χ2n) is 7.84. The van der Waals surface area contributed by atoms with Crippen LogP contribution in [-0.2, 0) is 0 Å². The molecule has 1 amide bonds. The highest BCUT2D eigenvalue weighted by Crippen LogP contribution is 2.38. The molecule has 4 rings (SSSR count). The lowest BCUT2D eigenvalue weighted by molar-refractivity contribution is 0.188. The maximum Gasteiger partial charge on any atom is 0.404 e. The standard InChI is InChI=1S/C21H21ClN10O2/c1-3-25-18-19-26-8-13(7-24)32(19)30-20(29-18)27-14-4-12(6-23)5-16(17(14)22)31-9-11(2)15(10-31)28-21(33)34/h4-5,8,11,15,28H,3,9-10H2,1-2H3,(H,33,34)(H2,25,27,29,30)/t11-,15-/m0/s1. The first kappa shape index (κ1) is 22.9. The minimum Gasteiger partial charge on any atom is -0.465 e. The van der Waals surface area contributed by atoms with Gasteiger partial charge < -0.3 is 26.0 Å². The molecule has 0 bridgehead atoms. The molecule has 3 aromatic rings. The van der Waals surface area contributed by atoms with E-state index in [1.807, 2.05) is 24.8 Å². The highest BCUT2D eigenvalue weighted by Gasteiger charge is 2.32. The van der Waals surface area contributed by atoms with Crippen LogP contribution in [0, 0.1) is 28.6 Å². The maximum atomic E-state index is 11.1. The summed E-state index contributed by atoms with van der Waals surface area (Å²) in [6.45, 7) is 5.41. The van der Waals surface area contributed by atoms with Gasteiger partial charge in [-0.25, -0.2) is 9.78 Å². The second kappa shape index (κ2) is 9.29. The molecule has 1 aliphatic heterocycles. The zero-order chi connectivity index (χ0) is 24.4. The Morgan fingerprint density at radius 1 is 1.32 bits per heavy atom. The molecule has 0 aliphatic carbocycles. The van der Waals surface area contributed by atoms with Crippen molar-refractivity contribution in [3.63, 3.8) is 0 Å². The lowest BCUT2D eigenvalue weighted by Crippen LogP contribution is -2.38. The van der Waals surface area contributed by atoms with E-state index in [4.69, 9.17) is 16.7 Å². The van der Waals surface area contributed by atoms with Crippen molar-refractivity contribution in [2.75, 3.05) is 35.2 Å². The molecule has 2 atom stereocenters. The number of amides is 1. The number of aromatic nitrogens is 4. The summed E-state index contributed by atoms with van der Waals surface area (Å²) in [4.78, 5) is 21.7. The van der Waals surface area contributed by atoms with E-state index in [-0.39, 0.29) is 23.6 Å². The summed E-state index contributed by atoms with van der Waals surface area (Å²) in [7, 11) is 0. The van der Waals surface area contributed by atoms with Crippen molar-refractivity contribution < 1.29 is 9.90 Å². The Morgan fingerprint density at radius 3 is 2.79 bits per heavy atom. The van der Waals surface area contributed by atoms with Crippen LogP contribution in [0.1, 0.15) is 25.1 Å². The fraction of sp³-hybridized carbons (Fsp3) is 0.333. The van der Waals surface area contributed by atoms with Gasteiger partial charge in [0.1, 0.15) is 6.07 Å². The smallest absolute Gasteiger partial charge is 0.404 e. The van der Waals surface area contributed by atoms with Crippen molar-refractivity contribution in [2.45, 2.75) is 19.9 Å². The second-order valence-corrected chi connectivity index (χ2v) is 8.21. The fourth-order valence-electron chi connectivity index (χ4n) is 3.92. The fourth-order valence-corrected chi connectivity index (χ4v) is 4.20. The number of nitriles is 2. The van der Waals surface area contributed by atoms with Crippen molar-refractivity contribution in [3.8, 4) is 12.1 Å². The Kier molecular flexibility index (Phi) is 6.25. The molecule has 174 valence electrons. The summed E-state index contributed by atoms with van der Waals surface area (Å²) in [5.74, 6) is 0.639. The minimum absolute atomic E-state index is 0.0494. The molecule has 34 heavy (non-hydrogen) atoms. The molecule has 0 unspecified atom stereocenters. The third-order valence-corrected chi connectivity index (χ3v) is 5.91. The molecule has 12 nitrogen and oxygen atoms in total. The number of anilines is 4. The monoisotopic (exact) mass is 480 g/mol. The van der Waals surface area contributed by atoms with Crippen molar-refractivity contribution in [1.29, 1.82) is 10.5 Å². The first-order valence-corrected chi connectivity index (χ1v) is 10.9. The number of carbonyl (C=O) groups is 1. The first-order chi connectivity index (χ1) is 16.3. The molecular formula is C21H21ClN10O2. The van der Waals surface area contributed by atoms with E-state index in [0.717, 1.165) is 0 Å². The number of nitrogens with zero attached hydrogens (tertiary/aromatic N) is 7. The number of hydrogen-bond donors (Lipinski definition) is 4. The van der Waals surface area contributed by atoms with Gasteiger partial charge in [0, 0.05) is 19.6 Å². The van der Waals surface area contributed by atoms with Crippen LogP contribution in [0.5, 0.6) is 0 Å². The van der Waals surface area contributed by atoms with E-state index in [0.29, 0.717) is 53.1 Å². The third kappa shape index (κ3) is 4.31. The van der Waals surface area contributed by atoms with Gasteiger partial charge in [0.15, 0.2) is 17.2 Å². The van der Waals surface area contributed by atoms with Gasteiger partial charge >= 0.3 is 6.09 Å². The Labute approximate surface area is 199 Å². The van der Waals surface area contributed by atoms with Gasteiger partial charge in [0.05, 0.1) is 40.3 Å². The summed E-state index contributed by atoms with van der Waals surface area (Å²) in [5.41, 5.74) is 2.00. The van der Waals surface area contributed by atoms with E-state index in [1.165, 1.54) is 10.7 Å².